The third kappa shape index (κ3) is 3.83. The number of rotatable bonds is 4. The summed E-state index contributed by atoms with van der Waals surface area (Å²) in [4.78, 5) is 2.46. The molecule has 1 heterocycles. The molecule has 4 bridgehead atoms. The summed E-state index contributed by atoms with van der Waals surface area (Å²) < 4.78 is 6.44. The van der Waals surface area contributed by atoms with Gasteiger partial charge >= 0.3 is 0 Å². The molecule has 2 atom stereocenters. The van der Waals surface area contributed by atoms with Crippen molar-refractivity contribution in [3.63, 3.8) is 0 Å². The zero-order chi connectivity index (χ0) is 32.3. The van der Waals surface area contributed by atoms with Gasteiger partial charge in [0.1, 0.15) is 11.2 Å². The van der Waals surface area contributed by atoms with Crippen LogP contribution in [0.15, 0.2) is 150 Å². The van der Waals surface area contributed by atoms with Crippen molar-refractivity contribution in [1.29, 1.82) is 0 Å². The first-order chi connectivity index (χ1) is 24.1. The average molecular weight is 636 g/mol. The zero-order valence-electron chi connectivity index (χ0n) is 28.1. The Bertz CT molecular complexity index is 2300. The van der Waals surface area contributed by atoms with Crippen molar-refractivity contribution in [1.82, 2.24) is 0 Å². The fourth-order valence-electron chi connectivity index (χ4n) is 12.0. The summed E-state index contributed by atoms with van der Waals surface area (Å²) in [5.41, 5.74) is 11.2. The standard InChI is InChI=1S/C47H41NO/c1-46-29-38(20-22-45(46)47(42-13-7-6-12-41(42)46)34-24-30-23-31(26-34)27-35(47)25-30)48(36-17-15-33(16-18-36)32-9-3-2-4-10-32)37-19-21-40-39-11-5-8-14-43(39)49-44(40)28-37/h2-22,28-31,34-35,45H,23-27H2,1H3. The molecule has 6 aromatic rings. The van der Waals surface area contributed by atoms with Crippen molar-refractivity contribution >= 4 is 33.3 Å². The van der Waals surface area contributed by atoms with E-state index < -0.39 is 0 Å². The van der Waals surface area contributed by atoms with Gasteiger partial charge in [-0.05, 0) is 121 Å². The monoisotopic (exact) mass is 635 g/mol. The molecule has 0 amide bonds. The van der Waals surface area contributed by atoms with Gasteiger partial charge in [-0.3, -0.25) is 0 Å². The van der Waals surface area contributed by atoms with Crippen LogP contribution in [0.4, 0.5) is 11.4 Å². The number of anilines is 2. The highest BCUT2D eigenvalue weighted by Crippen LogP contribution is 2.72. The van der Waals surface area contributed by atoms with E-state index in [2.05, 4.69) is 151 Å². The number of allylic oxidation sites excluding steroid dienone is 3. The molecule has 12 rings (SSSR count). The molecule has 6 aliphatic rings. The molecule has 1 spiro atoms. The minimum absolute atomic E-state index is 0.0816. The van der Waals surface area contributed by atoms with Crippen molar-refractivity contribution < 1.29 is 4.42 Å². The third-order valence-electron chi connectivity index (χ3n) is 13.6. The van der Waals surface area contributed by atoms with Gasteiger partial charge in [0.2, 0.25) is 0 Å². The topological polar surface area (TPSA) is 16.4 Å². The van der Waals surface area contributed by atoms with E-state index in [9.17, 15) is 0 Å². The van der Waals surface area contributed by atoms with Crippen LogP contribution in [0, 0.1) is 29.6 Å². The maximum atomic E-state index is 6.44. The van der Waals surface area contributed by atoms with E-state index in [1.807, 2.05) is 0 Å². The van der Waals surface area contributed by atoms with Crippen LogP contribution in [0.1, 0.15) is 50.2 Å². The molecule has 2 heteroatoms. The van der Waals surface area contributed by atoms with Gasteiger partial charge < -0.3 is 9.32 Å². The Morgan fingerprint density at radius 2 is 1.22 bits per heavy atom. The second kappa shape index (κ2) is 10.1. The molecule has 5 aromatic carbocycles. The molecule has 4 fully saturated rings. The van der Waals surface area contributed by atoms with Crippen molar-refractivity contribution in [2.45, 2.75) is 49.9 Å². The van der Waals surface area contributed by atoms with Crippen molar-refractivity contribution in [2.24, 2.45) is 29.6 Å². The molecule has 0 N–H and O–H groups in total. The normalized spacial score (nSPS) is 30.6. The van der Waals surface area contributed by atoms with Gasteiger partial charge in [0.15, 0.2) is 0 Å². The number of benzene rings is 5. The summed E-state index contributed by atoms with van der Waals surface area (Å²) in [5.74, 6) is 3.99. The first kappa shape index (κ1) is 28.1. The summed E-state index contributed by atoms with van der Waals surface area (Å²) >= 11 is 0. The summed E-state index contributed by atoms with van der Waals surface area (Å²) in [6.07, 6.45) is 15.0. The highest BCUT2D eigenvalue weighted by atomic mass is 16.3. The average Bonchev–Trinajstić information content (AvgIpc) is 3.61. The minimum Gasteiger partial charge on any atom is -0.456 e. The maximum Gasteiger partial charge on any atom is 0.137 e. The van der Waals surface area contributed by atoms with Gasteiger partial charge in [-0.15, -0.1) is 0 Å². The van der Waals surface area contributed by atoms with Crippen molar-refractivity contribution in [3.8, 4) is 11.1 Å². The molecule has 2 nitrogen and oxygen atoms in total. The molecule has 4 saturated carbocycles. The summed E-state index contributed by atoms with van der Waals surface area (Å²) in [7, 11) is 0. The van der Waals surface area contributed by atoms with Crippen molar-refractivity contribution in [2.75, 3.05) is 4.90 Å². The molecule has 2 unspecified atom stereocenters. The lowest BCUT2D eigenvalue weighted by Gasteiger charge is -2.63. The van der Waals surface area contributed by atoms with Crippen LogP contribution in [0.5, 0.6) is 0 Å². The van der Waals surface area contributed by atoms with E-state index >= 15 is 0 Å². The molecule has 0 aliphatic heterocycles. The molecular weight excluding hydrogens is 595 g/mol. The Balaban J connectivity index is 1.08. The smallest absolute Gasteiger partial charge is 0.137 e. The first-order valence-electron chi connectivity index (χ1n) is 18.5. The summed E-state index contributed by atoms with van der Waals surface area (Å²) in [6, 6.07) is 44.5. The van der Waals surface area contributed by atoms with Crippen LogP contribution >= 0.6 is 0 Å². The van der Waals surface area contributed by atoms with Gasteiger partial charge in [-0.2, -0.15) is 0 Å². The fourth-order valence-corrected chi connectivity index (χ4v) is 12.0. The first-order valence-corrected chi connectivity index (χ1v) is 18.5. The van der Waals surface area contributed by atoms with Gasteiger partial charge in [0.05, 0.1) is 0 Å². The second-order valence-corrected chi connectivity index (χ2v) is 16.0. The molecule has 6 aliphatic carbocycles. The molecule has 240 valence electrons. The van der Waals surface area contributed by atoms with E-state index in [4.69, 9.17) is 4.42 Å². The molecule has 1 aromatic heterocycles. The SMILES string of the molecule is CC12C=C(N(c3ccc(-c4ccccc4)cc3)c3ccc4c(c3)oc3ccccc34)C=CC1C1(c3ccccc32)C2CC3CC(C2)CC1C3. The van der Waals surface area contributed by atoms with E-state index in [-0.39, 0.29) is 10.8 Å². The second-order valence-electron chi connectivity index (χ2n) is 16.0. The van der Waals surface area contributed by atoms with Gasteiger partial charge in [0.25, 0.3) is 0 Å². The predicted octanol–water partition coefficient (Wildman–Crippen LogP) is 12.1. The van der Waals surface area contributed by atoms with Crippen LogP contribution in [-0.4, -0.2) is 0 Å². The highest BCUT2D eigenvalue weighted by Gasteiger charge is 2.67. The van der Waals surface area contributed by atoms with Gasteiger partial charge in [-0.25, -0.2) is 0 Å². The fraction of sp³-hybridized carbons (Fsp3) is 0.277. The summed E-state index contributed by atoms with van der Waals surface area (Å²) in [6.45, 7) is 2.55. The van der Waals surface area contributed by atoms with E-state index in [0.717, 1.165) is 51.6 Å². The number of para-hydroxylation sites is 1. The number of nitrogens with zero attached hydrogens (tertiary/aromatic N) is 1. The Kier molecular flexibility index (Phi) is 5.79. The molecule has 0 radical (unpaired) electrons. The van der Waals surface area contributed by atoms with E-state index in [1.165, 1.54) is 54.3 Å². The van der Waals surface area contributed by atoms with Crippen LogP contribution in [0.3, 0.4) is 0 Å². The Hall–Kier alpha value is -4.82. The molecular formula is C47H41NO. The number of fused-ring (bicyclic) bond motifs is 6. The van der Waals surface area contributed by atoms with Crippen molar-refractivity contribution in [3.05, 3.63) is 156 Å². The Morgan fingerprint density at radius 3 is 2.00 bits per heavy atom. The minimum atomic E-state index is -0.0816. The Morgan fingerprint density at radius 1 is 0.592 bits per heavy atom. The third-order valence-corrected chi connectivity index (χ3v) is 13.6. The number of furan rings is 1. The maximum absolute atomic E-state index is 6.44. The summed E-state index contributed by atoms with van der Waals surface area (Å²) in [5, 5.41) is 2.32. The largest absolute Gasteiger partial charge is 0.456 e. The van der Waals surface area contributed by atoms with Crippen LogP contribution in [-0.2, 0) is 10.8 Å². The lowest BCUT2D eigenvalue weighted by molar-refractivity contribution is -0.0809. The van der Waals surface area contributed by atoms with E-state index in [1.54, 1.807) is 11.1 Å². The van der Waals surface area contributed by atoms with Crippen LogP contribution in [0.2, 0.25) is 0 Å². The highest BCUT2D eigenvalue weighted by molar-refractivity contribution is 6.06. The predicted molar refractivity (Wildman–Crippen MR) is 201 cm³/mol. The number of hydrogen-bond acceptors (Lipinski definition) is 2. The quantitative estimate of drug-likeness (QED) is 0.192. The molecule has 49 heavy (non-hydrogen) atoms. The lowest BCUT2D eigenvalue weighted by Crippen LogP contribution is -2.59. The Labute approximate surface area is 288 Å². The molecule has 0 saturated heterocycles. The van der Waals surface area contributed by atoms with Gasteiger partial charge in [-0.1, -0.05) is 97.9 Å². The zero-order valence-corrected chi connectivity index (χ0v) is 28.1. The van der Waals surface area contributed by atoms with Crippen LogP contribution < -0.4 is 4.90 Å². The number of hydrogen-bond donors (Lipinski definition) is 0. The van der Waals surface area contributed by atoms with Crippen LogP contribution in [0.25, 0.3) is 33.1 Å². The lowest BCUT2D eigenvalue weighted by atomic mass is 9.41. The van der Waals surface area contributed by atoms with Gasteiger partial charge in [0, 0.05) is 50.7 Å². The van der Waals surface area contributed by atoms with E-state index in [0.29, 0.717) is 5.92 Å².